The lowest BCUT2D eigenvalue weighted by Gasteiger charge is -2.24. The van der Waals surface area contributed by atoms with Gasteiger partial charge in [-0.3, -0.25) is 9.78 Å². The highest BCUT2D eigenvalue weighted by Crippen LogP contribution is 2.36. The summed E-state index contributed by atoms with van der Waals surface area (Å²) in [5.41, 5.74) is 3.01. The Labute approximate surface area is 190 Å². The van der Waals surface area contributed by atoms with Gasteiger partial charge >= 0.3 is 0 Å². The molecular formula is C25H22FN5O2. The van der Waals surface area contributed by atoms with Crippen molar-refractivity contribution in [2.45, 2.75) is 18.9 Å². The average Bonchev–Trinajstić information content (AvgIpc) is 2.85. The Balaban J connectivity index is 1.71. The maximum Gasteiger partial charge on any atom is 0.242 e. The summed E-state index contributed by atoms with van der Waals surface area (Å²) in [6.07, 6.45) is 4.96. The number of methoxy groups -OCH3 is 1. The number of anilines is 1. The molecule has 0 bridgehead atoms. The molecule has 5 rings (SSSR count). The summed E-state index contributed by atoms with van der Waals surface area (Å²) in [4.78, 5) is 26.1. The molecule has 0 saturated carbocycles. The topological polar surface area (TPSA) is 89.0 Å². The van der Waals surface area contributed by atoms with Crippen LogP contribution >= 0.6 is 0 Å². The number of hydrogen-bond acceptors (Lipinski definition) is 6. The molecule has 4 aromatic rings. The van der Waals surface area contributed by atoms with Crippen LogP contribution in [-0.4, -0.2) is 40.6 Å². The number of nitrogens with zero attached hydrogens (tertiary/aromatic N) is 3. The summed E-state index contributed by atoms with van der Waals surface area (Å²) < 4.78 is 19.2. The van der Waals surface area contributed by atoms with E-state index < -0.39 is 6.04 Å². The van der Waals surface area contributed by atoms with Crippen LogP contribution in [0, 0.1) is 5.82 Å². The normalized spacial score (nSPS) is 15.8. The molecule has 1 amide bonds. The van der Waals surface area contributed by atoms with Crippen LogP contribution in [-0.2, 0) is 4.79 Å². The summed E-state index contributed by atoms with van der Waals surface area (Å²) in [6.45, 7) is 0.672. The number of piperidine rings is 1. The second-order valence-electron chi connectivity index (χ2n) is 7.85. The van der Waals surface area contributed by atoms with Crippen LogP contribution in [0.3, 0.4) is 0 Å². The first-order valence-corrected chi connectivity index (χ1v) is 10.7. The number of carbonyl (C=O) groups excluding carboxylic acids is 1. The number of rotatable bonds is 5. The van der Waals surface area contributed by atoms with Gasteiger partial charge in [0.05, 0.1) is 7.11 Å². The molecular weight excluding hydrogens is 421 g/mol. The van der Waals surface area contributed by atoms with E-state index in [2.05, 4.69) is 15.6 Å². The van der Waals surface area contributed by atoms with Crippen molar-refractivity contribution < 1.29 is 13.9 Å². The third-order valence-electron chi connectivity index (χ3n) is 5.68. The van der Waals surface area contributed by atoms with Crippen LogP contribution in [0.15, 0.2) is 60.9 Å². The Kier molecular flexibility index (Phi) is 5.56. The molecule has 2 N–H and O–H groups in total. The van der Waals surface area contributed by atoms with Crippen molar-refractivity contribution in [2.24, 2.45) is 0 Å². The summed E-state index contributed by atoms with van der Waals surface area (Å²) >= 11 is 0. The Morgan fingerprint density at radius 3 is 2.67 bits per heavy atom. The van der Waals surface area contributed by atoms with E-state index in [1.807, 2.05) is 24.3 Å². The summed E-state index contributed by atoms with van der Waals surface area (Å²) in [5, 5.41) is 6.93. The molecule has 0 aliphatic carbocycles. The number of benzene rings is 2. The van der Waals surface area contributed by atoms with Gasteiger partial charge < -0.3 is 15.4 Å². The lowest BCUT2D eigenvalue weighted by atomic mass is 10.0. The number of nitrogens with one attached hydrogen (secondary N) is 2. The predicted molar refractivity (Wildman–Crippen MR) is 124 cm³/mol. The molecule has 1 fully saturated rings. The lowest BCUT2D eigenvalue weighted by Crippen LogP contribution is -2.44. The standard InChI is InChI=1S/C25H22FN5O2/c1-33-21-13-17(15-6-8-18(26)9-7-15)12-19-22(21)30-23(16-4-2-10-27-14-16)31-24(19)29-20-5-3-11-28-25(20)32/h2,4,6-10,12-14,20H,3,5,11H2,1H3,(H,28,32)(H,29,30,31). The van der Waals surface area contributed by atoms with Crippen LogP contribution in [0.2, 0.25) is 0 Å². The molecule has 1 saturated heterocycles. The number of ether oxygens (including phenoxy) is 1. The molecule has 3 heterocycles. The molecule has 1 aliphatic heterocycles. The number of hydrogen-bond donors (Lipinski definition) is 2. The molecule has 7 nitrogen and oxygen atoms in total. The van der Waals surface area contributed by atoms with E-state index in [-0.39, 0.29) is 11.7 Å². The van der Waals surface area contributed by atoms with Gasteiger partial charge in [0.1, 0.15) is 28.9 Å². The Morgan fingerprint density at radius 1 is 1.09 bits per heavy atom. The third-order valence-corrected chi connectivity index (χ3v) is 5.68. The summed E-state index contributed by atoms with van der Waals surface area (Å²) in [6, 6.07) is 13.3. The van der Waals surface area contributed by atoms with Crippen LogP contribution in [0.5, 0.6) is 5.75 Å². The van der Waals surface area contributed by atoms with Gasteiger partial charge in [0.25, 0.3) is 0 Å². The Hall–Kier alpha value is -4.07. The summed E-state index contributed by atoms with van der Waals surface area (Å²) in [7, 11) is 1.58. The largest absolute Gasteiger partial charge is 0.494 e. The summed E-state index contributed by atoms with van der Waals surface area (Å²) in [5.74, 6) is 1.19. The van der Waals surface area contributed by atoms with Gasteiger partial charge in [-0.2, -0.15) is 0 Å². The van der Waals surface area contributed by atoms with Crippen LogP contribution < -0.4 is 15.4 Å². The Bertz CT molecular complexity index is 1310. The van der Waals surface area contributed by atoms with Gasteiger partial charge in [0.15, 0.2) is 5.82 Å². The number of halogens is 1. The fourth-order valence-electron chi connectivity index (χ4n) is 3.97. The quantitative estimate of drug-likeness (QED) is 0.481. The number of fused-ring (bicyclic) bond motifs is 1. The van der Waals surface area contributed by atoms with E-state index in [9.17, 15) is 9.18 Å². The maximum atomic E-state index is 13.5. The van der Waals surface area contributed by atoms with Crippen molar-refractivity contribution in [3.63, 3.8) is 0 Å². The van der Waals surface area contributed by atoms with E-state index in [0.717, 1.165) is 23.1 Å². The zero-order valence-corrected chi connectivity index (χ0v) is 18.0. The van der Waals surface area contributed by atoms with Crippen LogP contribution in [0.25, 0.3) is 33.4 Å². The van der Waals surface area contributed by atoms with Gasteiger partial charge in [-0.15, -0.1) is 0 Å². The molecule has 1 unspecified atom stereocenters. The van der Waals surface area contributed by atoms with E-state index in [0.29, 0.717) is 41.3 Å². The average molecular weight is 443 g/mol. The van der Waals surface area contributed by atoms with Gasteiger partial charge in [0, 0.05) is 29.9 Å². The van der Waals surface area contributed by atoms with Crippen LogP contribution in [0.1, 0.15) is 12.8 Å². The molecule has 0 spiro atoms. The molecule has 166 valence electrons. The van der Waals surface area contributed by atoms with Crippen molar-refractivity contribution in [1.29, 1.82) is 0 Å². The molecule has 2 aromatic heterocycles. The SMILES string of the molecule is COc1cc(-c2ccc(F)cc2)cc2c(NC3CCCNC3=O)nc(-c3cccnc3)nc12. The molecule has 33 heavy (non-hydrogen) atoms. The lowest BCUT2D eigenvalue weighted by molar-refractivity contribution is -0.123. The van der Waals surface area contributed by atoms with Gasteiger partial charge in [-0.25, -0.2) is 14.4 Å². The van der Waals surface area contributed by atoms with Crippen molar-refractivity contribution in [3.05, 3.63) is 66.7 Å². The van der Waals surface area contributed by atoms with Gasteiger partial charge in [-0.05, 0) is 60.4 Å². The van der Waals surface area contributed by atoms with E-state index in [1.165, 1.54) is 12.1 Å². The van der Waals surface area contributed by atoms with Crippen molar-refractivity contribution in [3.8, 4) is 28.3 Å². The smallest absolute Gasteiger partial charge is 0.242 e. The minimum Gasteiger partial charge on any atom is -0.494 e. The number of carbonyl (C=O) groups is 1. The molecule has 8 heteroatoms. The zero-order valence-electron chi connectivity index (χ0n) is 18.0. The van der Waals surface area contributed by atoms with Crippen molar-refractivity contribution >= 4 is 22.6 Å². The van der Waals surface area contributed by atoms with Gasteiger partial charge in [-0.1, -0.05) is 12.1 Å². The predicted octanol–water partition coefficient (Wildman–Crippen LogP) is 4.20. The number of amides is 1. The molecule has 1 aliphatic rings. The third kappa shape index (κ3) is 4.19. The number of aromatic nitrogens is 3. The number of pyridine rings is 1. The minimum absolute atomic E-state index is 0.0578. The molecule has 0 radical (unpaired) electrons. The highest BCUT2D eigenvalue weighted by Gasteiger charge is 2.24. The van der Waals surface area contributed by atoms with Crippen LogP contribution in [0.4, 0.5) is 10.2 Å². The van der Waals surface area contributed by atoms with E-state index in [4.69, 9.17) is 14.7 Å². The maximum absolute atomic E-state index is 13.5. The monoisotopic (exact) mass is 443 g/mol. The fraction of sp³-hybridized carbons (Fsp3) is 0.200. The first kappa shape index (κ1) is 20.8. The first-order valence-electron chi connectivity index (χ1n) is 10.7. The zero-order chi connectivity index (χ0) is 22.8. The minimum atomic E-state index is -0.404. The first-order chi connectivity index (χ1) is 16.1. The van der Waals surface area contributed by atoms with E-state index >= 15 is 0 Å². The highest BCUT2D eigenvalue weighted by atomic mass is 19.1. The Morgan fingerprint density at radius 2 is 1.94 bits per heavy atom. The van der Waals surface area contributed by atoms with Gasteiger partial charge in [0.2, 0.25) is 5.91 Å². The fourth-order valence-corrected chi connectivity index (χ4v) is 3.97. The molecule has 1 atom stereocenters. The van der Waals surface area contributed by atoms with E-state index in [1.54, 1.807) is 31.6 Å². The van der Waals surface area contributed by atoms with Crippen molar-refractivity contribution in [2.75, 3.05) is 19.0 Å². The second-order valence-corrected chi connectivity index (χ2v) is 7.85. The second kappa shape index (κ2) is 8.82. The molecule has 2 aromatic carbocycles. The van der Waals surface area contributed by atoms with Crippen molar-refractivity contribution in [1.82, 2.24) is 20.3 Å². The highest BCUT2D eigenvalue weighted by molar-refractivity contribution is 5.99.